The van der Waals surface area contributed by atoms with Gasteiger partial charge < -0.3 is 16.3 Å². The normalized spacial score (nSPS) is 13.6. The predicted molar refractivity (Wildman–Crippen MR) is 73.6 cm³/mol. The summed E-state index contributed by atoms with van der Waals surface area (Å²) in [6.45, 7) is 4.02. The summed E-state index contributed by atoms with van der Waals surface area (Å²) in [6, 6.07) is 7.66. The number of rotatable bonds is 6. The Kier molecular flexibility index (Phi) is 5.86. The fourth-order valence-electron chi connectivity index (χ4n) is 1.35. The molecule has 0 spiro atoms. The SMILES string of the molecule is CSC(C)CNCc1ccc(/C(N)=N/O)cc1. The van der Waals surface area contributed by atoms with Gasteiger partial charge in [-0.15, -0.1) is 0 Å². The molecule has 0 amide bonds. The lowest BCUT2D eigenvalue weighted by Gasteiger charge is -2.10. The van der Waals surface area contributed by atoms with Gasteiger partial charge in [0.05, 0.1) is 0 Å². The van der Waals surface area contributed by atoms with Gasteiger partial charge in [-0.1, -0.05) is 36.3 Å². The van der Waals surface area contributed by atoms with Crippen LogP contribution >= 0.6 is 11.8 Å². The van der Waals surface area contributed by atoms with Crippen LogP contribution in [0.3, 0.4) is 0 Å². The zero-order chi connectivity index (χ0) is 12.7. The lowest BCUT2D eigenvalue weighted by atomic mass is 10.1. The van der Waals surface area contributed by atoms with Crippen LogP contribution < -0.4 is 11.1 Å². The quantitative estimate of drug-likeness (QED) is 0.312. The molecule has 1 aromatic rings. The maximum atomic E-state index is 8.54. The third-order valence-corrected chi connectivity index (χ3v) is 3.49. The molecule has 0 fully saturated rings. The fraction of sp³-hybridized carbons (Fsp3) is 0.417. The van der Waals surface area contributed by atoms with Gasteiger partial charge in [0.25, 0.3) is 0 Å². The van der Waals surface area contributed by atoms with E-state index in [1.807, 2.05) is 36.0 Å². The summed E-state index contributed by atoms with van der Waals surface area (Å²) in [5.41, 5.74) is 7.40. The molecule has 1 atom stereocenters. The van der Waals surface area contributed by atoms with Crippen LogP contribution in [0, 0.1) is 0 Å². The Morgan fingerprint density at radius 1 is 1.47 bits per heavy atom. The standard InChI is InChI=1S/C12H19N3OS/c1-9(17-2)7-14-8-10-3-5-11(6-4-10)12(13)15-16/h3-6,9,14,16H,7-8H2,1-2H3,(H2,13,15). The van der Waals surface area contributed by atoms with E-state index in [1.54, 1.807) is 0 Å². The van der Waals surface area contributed by atoms with E-state index in [-0.39, 0.29) is 5.84 Å². The molecule has 0 aliphatic carbocycles. The van der Waals surface area contributed by atoms with Gasteiger partial charge in [0, 0.05) is 23.9 Å². The molecular formula is C12H19N3OS. The van der Waals surface area contributed by atoms with E-state index in [0.717, 1.165) is 18.7 Å². The summed E-state index contributed by atoms with van der Waals surface area (Å²) in [5, 5.41) is 15.5. The molecule has 0 bridgehead atoms. The van der Waals surface area contributed by atoms with Crippen molar-refractivity contribution in [2.24, 2.45) is 10.9 Å². The van der Waals surface area contributed by atoms with E-state index >= 15 is 0 Å². The smallest absolute Gasteiger partial charge is 0.170 e. The number of hydrogen-bond donors (Lipinski definition) is 3. The summed E-state index contributed by atoms with van der Waals surface area (Å²) >= 11 is 1.85. The Balaban J connectivity index is 2.46. The molecular weight excluding hydrogens is 234 g/mol. The molecule has 4 nitrogen and oxygen atoms in total. The number of nitrogens with two attached hydrogens (primary N) is 1. The van der Waals surface area contributed by atoms with Crippen LogP contribution in [0.2, 0.25) is 0 Å². The van der Waals surface area contributed by atoms with Crippen molar-refractivity contribution >= 4 is 17.6 Å². The Bertz CT molecular complexity index is 365. The van der Waals surface area contributed by atoms with Crippen LogP contribution in [-0.2, 0) is 6.54 Å². The summed E-state index contributed by atoms with van der Waals surface area (Å²) in [7, 11) is 0. The first-order valence-corrected chi connectivity index (χ1v) is 6.76. The van der Waals surface area contributed by atoms with E-state index in [0.29, 0.717) is 5.25 Å². The lowest BCUT2D eigenvalue weighted by Crippen LogP contribution is -2.22. The van der Waals surface area contributed by atoms with Crippen molar-refractivity contribution < 1.29 is 5.21 Å². The highest BCUT2D eigenvalue weighted by Crippen LogP contribution is 2.06. The van der Waals surface area contributed by atoms with E-state index in [1.165, 1.54) is 5.56 Å². The Morgan fingerprint density at radius 2 is 2.12 bits per heavy atom. The van der Waals surface area contributed by atoms with E-state index in [9.17, 15) is 0 Å². The molecule has 4 N–H and O–H groups in total. The molecule has 1 aromatic carbocycles. The fourth-order valence-corrected chi connectivity index (χ4v) is 1.64. The van der Waals surface area contributed by atoms with E-state index < -0.39 is 0 Å². The molecule has 0 aromatic heterocycles. The first kappa shape index (κ1) is 13.9. The van der Waals surface area contributed by atoms with Crippen molar-refractivity contribution in [1.82, 2.24) is 5.32 Å². The second-order valence-corrected chi connectivity index (χ2v) is 5.14. The van der Waals surface area contributed by atoms with Crippen molar-refractivity contribution in [3.05, 3.63) is 35.4 Å². The minimum atomic E-state index is 0.139. The lowest BCUT2D eigenvalue weighted by molar-refractivity contribution is 0.318. The number of nitrogens with zero attached hydrogens (tertiary/aromatic N) is 1. The summed E-state index contributed by atoms with van der Waals surface area (Å²) < 4.78 is 0. The van der Waals surface area contributed by atoms with Crippen LogP contribution in [0.1, 0.15) is 18.1 Å². The number of nitrogens with one attached hydrogen (secondary N) is 1. The Hall–Kier alpha value is -1.20. The van der Waals surface area contributed by atoms with Gasteiger partial charge in [0.2, 0.25) is 0 Å². The topological polar surface area (TPSA) is 70.6 Å². The van der Waals surface area contributed by atoms with Gasteiger partial charge in [-0.05, 0) is 11.8 Å². The van der Waals surface area contributed by atoms with Gasteiger partial charge in [0.15, 0.2) is 5.84 Å². The van der Waals surface area contributed by atoms with E-state index in [4.69, 9.17) is 10.9 Å². The number of thioether (sulfide) groups is 1. The molecule has 0 saturated carbocycles. The van der Waals surface area contributed by atoms with Crippen LogP contribution in [0.4, 0.5) is 0 Å². The average Bonchev–Trinajstić information content (AvgIpc) is 2.38. The maximum Gasteiger partial charge on any atom is 0.170 e. The Labute approximate surface area is 106 Å². The predicted octanol–water partition coefficient (Wildman–Crippen LogP) is 1.62. The molecule has 0 aliphatic rings. The van der Waals surface area contributed by atoms with Crippen molar-refractivity contribution in [2.75, 3.05) is 12.8 Å². The van der Waals surface area contributed by atoms with Gasteiger partial charge in [-0.3, -0.25) is 0 Å². The van der Waals surface area contributed by atoms with Crippen molar-refractivity contribution in [2.45, 2.75) is 18.7 Å². The second kappa shape index (κ2) is 7.19. The highest BCUT2D eigenvalue weighted by molar-refractivity contribution is 7.99. The number of benzene rings is 1. The number of amidine groups is 1. The summed E-state index contributed by atoms with van der Waals surface area (Å²) in [4.78, 5) is 0. The van der Waals surface area contributed by atoms with Crippen LogP contribution in [0.25, 0.3) is 0 Å². The van der Waals surface area contributed by atoms with Gasteiger partial charge in [0.1, 0.15) is 0 Å². The number of hydrogen-bond acceptors (Lipinski definition) is 4. The molecule has 0 aliphatic heterocycles. The van der Waals surface area contributed by atoms with Crippen molar-refractivity contribution in [3.63, 3.8) is 0 Å². The van der Waals surface area contributed by atoms with Gasteiger partial charge >= 0.3 is 0 Å². The second-order valence-electron chi connectivity index (χ2n) is 3.86. The zero-order valence-corrected chi connectivity index (χ0v) is 11.0. The first-order valence-electron chi connectivity index (χ1n) is 5.47. The highest BCUT2D eigenvalue weighted by atomic mass is 32.2. The van der Waals surface area contributed by atoms with Crippen LogP contribution in [-0.4, -0.2) is 29.1 Å². The number of oxime groups is 1. The molecule has 0 radical (unpaired) electrons. The van der Waals surface area contributed by atoms with E-state index in [2.05, 4.69) is 23.7 Å². The molecule has 1 unspecified atom stereocenters. The minimum Gasteiger partial charge on any atom is -0.409 e. The molecule has 1 rings (SSSR count). The monoisotopic (exact) mass is 253 g/mol. The molecule has 94 valence electrons. The van der Waals surface area contributed by atoms with Crippen molar-refractivity contribution in [3.8, 4) is 0 Å². The average molecular weight is 253 g/mol. The minimum absolute atomic E-state index is 0.139. The largest absolute Gasteiger partial charge is 0.409 e. The zero-order valence-electron chi connectivity index (χ0n) is 10.2. The van der Waals surface area contributed by atoms with Gasteiger partial charge in [-0.25, -0.2) is 0 Å². The molecule has 17 heavy (non-hydrogen) atoms. The summed E-state index contributed by atoms with van der Waals surface area (Å²) in [5.74, 6) is 0.139. The highest BCUT2D eigenvalue weighted by Gasteiger charge is 2.00. The Morgan fingerprint density at radius 3 is 2.65 bits per heavy atom. The maximum absolute atomic E-state index is 8.54. The molecule has 0 saturated heterocycles. The summed E-state index contributed by atoms with van der Waals surface area (Å²) in [6.07, 6.45) is 2.11. The van der Waals surface area contributed by atoms with Gasteiger partial charge in [-0.2, -0.15) is 11.8 Å². The van der Waals surface area contributed by atoms with Crippen LogP contribution in [0.15, 0.2) is 29.4 Å². The van der Waals surface area contributed by atoms with Crippen molar-refractivity contribution in [1.29, 1.82) is 0 Å². The third kappa shape index (κ3) is 4.66. The van der Waals surface area contributed by atoms with Crippen LogP contribution in [0.5, 0.6) is 0 Å². The molecule has 0 heterocycles. The first-order chi connectivity index (χ1) is 8.17. The third-order valence-electron chi connectivity index (χ3n) is 2.52. The molecule has 5 heteroatoms.